The Morgan fingerprint density at radius 3 is 2.59 bits per heavy atom. The summed E-state index contributed by atoms with van der Waals surface area (Å²) in [5.74, 6) is 4.71. The van der Waals surface area contributed by atoms with Crippen LogP contribution in [0.4, 0.5) is 0 Å². The summed E-state index contributed by atoms with van der Waals surface area (Å²) in [6.07, 6.45) is 5.13. The molecule has 0 saturated carbocycles. The second-order valence-corrected chi connectivity index (χ2v) is 7.29. The number of thioether (sulfide) groups is 2. The number of rotatable bonds is 4. The molecule has 2 rings (SSSR count). The number of aliphatic imine (C=N–C) groups is 1. The first-order valence-corrected chi connectivity index (χ1v) is 8.95. The lowest BCUT2D eigenvalue weighted by Crippen LogP contribution is -2.42. The van der Waals surface area contributed by atoms with Crippen LogP contribution in [0.5, 0.6) is 0 Å². The normalized spacial score (nSPS) is 27.3. The number of amidine groups is 1. The SMILES string of the molecule is CCC1(CC)CSC(=NCC2CCSCC2)N1. The van der Waals surface area contributed by atoms with Crippen LogP contribution < -0.4 is 5.32 Å². The van der Waals surface area contributed by atoms with Crippen LogP contribution in [0.25, 0.3) is 0 Å². The van der Waals surface area contributed by atoms with Gasteiger partial charge in [0.25, 0.3) is 0 Å². The predicted octanol–water partition coefficient (Wildman–Crippen LogP) is 3.38. The van der Waals surface area contributed by atoms with Crippen LogP contribution in [0.1, 0.15) is 39.5 Å². The highest BCUT2D eigenvalue weighted by Gasteiger charge is 2.33. The van der Waals surface area contributed by atoms with Crippen molar-refractivity contribution < 1.29 is 0 Å². The van der Waals surface area contributed by atoms with Crippen LogP contribution in [-0.4, -0.2) is 34.5 Å². The van der Waals surface area contributed by atoms with Crippen molar-refractivity contribution >= 4 is 28.7 Å². The molecule has 2 heterocycles. The molecule has 2 fully saturated rings. The number of hydrogen-bond donors (Lipinski definition) is 1. The Hall–Kier alpha value is 0.170. The molecule has 2 saturated heterocycles. The molecule has 0 spiro atoms. The van der Waals surface area contributed by atoms with E-state index in [0.29, 0.717) is 5.54 Å². The van der Waals surface area contributed by atoms with Crippen molar-refractivity contribution in [3.8, 4) is 0 Å². The predicted molar refractivity (Wildman–Crippen MR) is 81.3 cm³/mol. The fraction of sp³-hybridized carbons (Fsp3) is 0.923. The Morgan fingerprint density at radius 1 is 1.29 bits per heavy atom. The molecule has 0 aliphatic carbocycles. The Labute approximate surface area is 114 Å². The molecule has 0 radical (unpaired) electrons. The van der Waals surface area contributed by atoms with Crippen LogP contribution in [0.15, 0.2) is 4.99 Å². The molecule has 0 aromatic heterocycles. The van der Waals surface area contributed by atoms with E-state index in [0.717, 1.165) is 12.5 Å². The first kappa shape index (κ1) is 13.6. The van der Waals surface area contributed by atoms with Crippen molar-refractivity contribution in [1.82, 2.24) is 5.32 Å². The van der Waals surface area contributed by atoms with Gasteiger partial charge in [0, 0.05) is 17.8 Å². The van der Waals surface area contributed by atoms with Gasteiger partial charge in [0.15, 0.2) is 5.17 Å². The molecule has 0 unspecified atom stereocenters. The molecule has 0 bridgehead atoms. The van der Waals surface area contributed by atoms with E-state index < -0.39 is 0 Å². The zero-order valence-corrected chi connectivity index (χ0v) is 12.6. The van der Waals surface area contributed by atoms with Gasteiger partial charge in [-0.25, -0.2) is 0 Å². The van der Waals surface area contributed by atoms with E-state index in [9.17, 15) is 0 Å². The Balaban J connectivity index is 1.82. The molecule has 0 amide bonds. The zero-order chi connectivity index (χ0) is 12.1. The van der Waals surface area contributed by atoms with Crippen LogP contribution in [-0.2, 0) is 0 Å². The monoisotopic (exact) mass is 272 g/mol. The summed E-state index contributed by atoms with van der Waals surface area (Å²) in [5.41, 5.74) is 0.325. The Bertz CT molecular complexity index is 269. The summed E-state index contributed by atoms with van der Waals surface area (Å²) >= 11 is 4.02. The molecule has 2 nitrogen and oxygen atoms in total. The summed E-state index contributed by atoms with van der Waals surface area (Å²) in [4.78, 5) is 4.80. The fourth-order valence-corrected chi connectivity index (χ4v) is 4.91. The maximum atomic E-state index is 4.80. The van der Waals surface area contributed by atoms with E-state index in [4.69, 9.17) is 4.99 Å². The first-order chi connectivity index (χ1) is 8.28. The summed E-state index contributed by atoms with van der Waals surface area (Å²) in [5, 5.41) is 4.85. The van der Waals surface area contributed by atoms with Crippen molar-refractivity contribution in [1.29, 1.82) is 0 Å². The van der Waals surface area contributed by atoms with Crippen molar-refractivity contribution in [2.75, 3.05) is 23.8 Å². The topological polar surface area (TPSA) is 24.4 Å². The van der Waals surface area contributed by atoms with E-state index in [1.807, 2.05) is 11.8 Å². The highest BCUT2D eigenvalue weighted by atomic mass is 32.2. The van der Waals surface area contributed by atoms with Crippen LogP contribution in [0.3, 0.4) is 0 Å². The lowest BCUT2D eigenvalue weighted by molar-refractivity contribution is 0.407. The van der Waals surface area contributed by atoms with Crippen LogP contribution >= 0.6 is 23.5 Å². The van der Waals surface area contributed by atoms with E-state index in [1.54, 1.807) is 0 Å². The standard InChI is InChI=1S/C13H24N2S2/c1-3-13(4-2)10-17-12(15-13)14-9-11-5-7-16-8-6-11/h11H,3-10H2,1-2H3,(H,14,15). The summed E-state index contributed by atoms with van der Waals surface area (Å²) in [7, 11) is 0. The van der Waals surface area contributed by atoms with Gasteiger partial charge in [-0.3, -0.25) is 4.99 Å². The molecular weight excluding hydrogens is 248 g/mol. The molecule has 2 aliphatic rings. The second-order valence-electron chi connectivity index (χ2n) is 5.10. The van der Waals surface area contributed by atoms with Crippen molar-refractivity contribution in [2.24, 2.45) is 10.9 Å². The fourth-order valence-electron chi connectivity index (χ4n) is 2.36. The van der Waals surface area contributed by atoms with Gasteiger partial charge >= 0.3 is 0 Å². The van der Waals surface area contributed by atoms with E-state index in [-0.39, 0.29) is 0 Å². The highest BCUT2D eigenvalue weighted by molar-refractivity contribution is 8.14. The molecule has 0 atom stereocenters. The van der Waals surface area contributed by atoms with E-state index in [1.165, 1.54) is 48.1 Å². The van der Waals surface area contributed by atoms with E-state index >= 15 is 0 Å². The quantitative estimate of drug-likeness (QED) is 0.849. The van der Waals surface area contributed by atoms with Gasteiger partial charge in [-0.1, -0.05) is 25.6 Å². The van der Waals surface area contributed by atoms with Gasteiger partial charge in [-0.2, -0.15) is 11.8 Å². The highest BCUT2D eigenvalue weighted by Crippen LogP contribution is 2.29. The third kappa shape index (κ3) is 3.57. The molecule has 4 heteroatoms. The average molecular weight is 272 g/mol. The molecule has 17 heavy (non-hydrogen) atoms. The lowest BCUT2D eigenvalue weighted by Gasteiger charge is -2.25. The van der Waals surface area contributed by atoms with Gasteiger partial charge < -0.3 is 5.32 Å². The minimum absolute atomic E-state index is 0.325. The van der Waals surface area contributed by atoms with Gasteiger partial charge in [0.05, 0.1) is 0 Å². The second kappa shape index (κ2) is 6.37. The van der Waals surface area contributed by atoms with Crippen molar-refractivity contribution in [3.63, 3.8) is 0 Å². The summed E-state index contributed by atoms with van der Waals surface area (Å²) in [6, 6.07) is 0. The van der Waals surface area contributed by atoms with Gasteiger partial charge in [0.2, 0.25) is 0 Å². The molecular formula is C13H24N2S2. The van der Waals surface area contributed by atoms with Gasteiger partial charge in [0.1, 0.15) is 0 Å². The third-order valence-electron chi connectivity index (χ3n) is 4.04. The largest absolute Gasteiger partial charge is 0.359 e. The van der Waals surface area contributed by atoms with Gasteiger partial charge in [-0.05, 0) is 43.1 Å². The minimum Gasteiger partial charge on any atom is -0.359 e. The maximum Gasteiger partial charge on any atom is 0.157 e. The molecule has 0 aromatic carbocycles. The van der Waals surface area contributed by atoms with Gasteiger partial charge in [-0.15, -0.1) is 0 Å². The number of hydrogen-bond acceptors (Lipinski definition) is 3. The summed E-state index contributed by atoms with van der Waals surface area (Å²) in [6.45, 7) is 5.59. The maximum absolute atomic E-state index is 4.80. The summed E-state index contributed by atoms with van der Waals surface area (Å²) < 4.78 is 0. The zero-order valence-electron chi connectivity index (χ0n) is 11.0. The smallest absolute Gasteiger partial charge is 0.157 e. The minimum atomic E-state index is 0.325. The number of nitrogens with one attached hydrogen (secondary N) is 1. The van der Waals surface area contributed by atoms with Crippen molar-refractivity contribution in [3.05, 3.63) is 0 Å². The number of nitrogens with zero attached hydrogens (tertiary/aromatic N) is 1. The molecule has 98 valence electrons. The Morgan fingerprint density at radius 2 is 2.00 bits per heavy atom. The average Bonchev–Trinajstić information content (AvgIpc) is 2.82. The molecule has 1 N–H and O–H groups in total. The first-order valence-electron chi connectivity index (χ1n) is 6.81. The lowest BCUT2D eigenvalue weighted by atomic mass is 9.96. The van der Waals surface area contributed by atoms with Crippen LogP contribution in [0.2, 0.25) is 0 Å². The Kier molecular flexibility index (Phi) is 5.10. The van der Waals surface area contributed by atoms with Crippen LogP contribution in [0, 0.1) is 5.92 Å². The molecule has 2 aliphatic heterocycles. The van der Waals surface area contributed by atoms with E-state index in [2.05, 4.69) is 30.9 Å². The third-order valence-corrected chi connectivity index (χ3v) is 6.30. The molecule has 0 aromatic rings. The van der Waals surface area contributed by atoms with Crippen molar-refractivity contribution in [2.45, 2.75) is 45.1 Å².